The third kappa shape index (κ3) is 1.88. The highest BCUT2D eigenvalue weighted by molar-refractivity contribution is 5.44. The Balaban J connectivity index is 1.85. The van der Waals surface area contributed by atoms with E-state index in [0.29, 0.717) is 12.2 Å². The minimum absolute atomic E-state index is 0.629. The number of hydrogen-bond donors (Lipinski definition) is 1. The van der Waals surface area contributed by atoms with E-state index in [1.165, 1.54) is 11.1 Å². The predicted molar refractivity (Wildman–Crippen MR) is 67.1 cm³/mol. The number of rotatable bonds is 3. The normalized spacial score (nSPS) is 10.7. The van der Waals surface area contributed by atoms with Gasteiger partial charge in [0, 0.05) is 6.54 Å². The van der Waals surface area contributed by atoms with Crippen molar-refractivity contribution in [3.05, 3.63) is 47.8 Å². The molecule has 0 aliphatic rings. The first-order valence-corrected chi connectivity index (χ1v) is 5.65. The second-order valence-corrected chi connectivity index (χ2v) is 4.02. The van der Waals surface area contributed by atoms with Gasteiger partial charge in [-0.2, -0.15) is 4.52 Å². The molecule has 6 heteroatoms. The summed E-state index contributed by atoms with van der Waals surface area (Å²) in [6, 6.07) is 8.24. The molecule has 0 aliphatic carbocycles. The molecule has 3 aromatic rings. The number of anilines is 1. The first-order valence-electron chi connectivity index (χ1n) is 5.65. The molecule has 0 aliphatic heterocycles. The molecule has 1 aromatic carbocycles. The third-order valence-electron chi connectivity index (χ3n) is 2.83. The van der Waals surface area contributed by atoms with Crippen molar-refractivity contribution in [3.63, 3.8) is 0 Å². The summed E-state index contributed by atoms with van der Waals surface area (Å²) in [7, 11) is 0. The SMILES string of the molecule is Cc1ccccc1CNc1cncc2nnnn12. The van der Waals surface area contributed by atoms with E-state index < -0.39 is 0 Å². The minimum Gasteiger partial charge on any atom is -0.365 e. The first-order chi connectivity index (χ1) is 8.84. The van der Waals surface area contributed by atoms with Gasteiger partial charge >= 0.3 is 0 Å². The van der Waals surface area contributed by atoms with Gasteiger partial charge in [-0.3, -0.25) is 4.98 Å². The zero-order chi connectivity index (χ0) is 12.4. The van der Waals surface area contributed by atoms with Crippen LogP contribution in [-0.4, -0.2) is 25.0 Å². The molecule has 1 N–H and O–H groups in total. The van der Waals surface area contributed by atoms with Gasteiger partial charge < -0.3 is 5.32 Å². The number of tetrazole rings is 1. The maximum atomic E-state index is 4.09. The first kappa shape index (κ1) is 10.6. The monoisotopic (exact) mass is 240 g/mol. The van der Waals surface area contributed by atoms with E-state index in [0.717, 1.165) is 5.82 Å². The Morgan fingerprint density at radius 3 is 3.00 bits per heavy atom. The fourth-order valence-electron chi connectivity index (χ4n) is 1.79. The highest BCUT2D eigenvalue weighted by Crippen LogP contribution is 2.11. The molecule has 0 fully saturated rings. The predicted octanol–water partition coefficient (Wildman–Crippen LogP) is 1.44. The Labute approximate surface area is 104 Å². The molecule has 3 rings (SSSR count). The molecular formula is C12H12N6. The average Bonchev–Trinajstić information content (AvgIpc) is 2.86. The van der Waals surface area contributed by atoms with Gasteiger partial charge in [0.1, 0.15) is 0 Å². The number of nitrogens with one attached hydrogen (secondary N) is 1. The van der Waals surface area contributed by atoms with Crippen LogP contribution < -0.4 is 5.32 Å². The average molecular weight is 240 g/mol. The summed E-state index contributed by atoms with van der Waals surface area (Å²) in [5.41, 5.74) is 3.12. The van der Waals surface area contributed by atoms with Crippen LogP contribution in [0.4, 0.5) is 5.82 Å². The second kappa shape index (κ2) is 4.40. The molecule has 0 saturated heterocycles. The van der Waals surface area contributed by atoms with Crippen molar-refractivity contribution in [2.75, 3.05) is 5.32 Å². The van der Waals surface area contributed by atoms with Crippen molar-refractivity contribution < 1.29 is 0 Å². The van der Waals surface area contributed by atoms with Crippen LogP contribution in [0.5, 0.6) is 0 Å². The molecule has 0 amide bonds. The van der Waals surface area contributed by atoms with Crippen LogP contribution in [0.1, 0.15) is 11.1 Å². The largest absolute Gasteiger partial charge is 0.365 e. The fraction of sp³-hybridized carbons (Fsp3) is 0.167. The summed E-state index contributed by atoms with van der Waals surface area (Å²) in [5.74, 6) is 0.778. The van der Waals surface area contributed by atoms with Gasteiger partial charge in [0.15, 0.2) is 11.5 Å². The van der Waals surface area contributed by atoms with Crippen molar-refractivity contribution in [1.82, 2.24) is 25.0 Å². The van der Waals surface area contributed by atoms with Gasteiger partial charge in [0.25, 0.3) is 0 Å². The molecule has 0 atom stereocenters. The van der Waals surface area contributed by atoms with Gasteiger partial charge in [-0.05, 0) is 28.5 Å². The zero-order valence-corrected chi connectivity index (χ0v) is 9.91. The Morgan fingerprint density at radius 1 is 1.22 bits per heavy atom. The summed E-state index contributed by atoms with van der Waals surface area (Å²) in [4.78, 5) is 4.09. The van der Waals surface area contributed by atoms with Crippen LogP contribution in [0.15, 0.2) is 36.7 Å². The lowest BCUT2D eigenvalue weighted by Crippen LogP contribution is -2.06. The van der Waals surface area contributed by atoms with Gasteiger partial charge in [-0.1, -0.05) is 24.3 Å². The summed E-state index contributed by atoms with van der Waals surface area (Å²) in [5, 5.41) is 14.7. The number of aromatic nitrogens is 5. The molecule has 18 heavy (non-hydrogen) atoms. The molecule has 0 spiro atoms. The van der Waals surface area contributed by atoms with Crippen LogP contribution in [0.3, 0.4) is 0 Å². The Kier molecular flexibility index (Phi) is 2.60. The van der Waals surface area contributed by atoms with Crippen LogP contribution in [-0.2, 0) is 6.54 Å². The molecular weight excluding hydrogens is 228 g/mol. The van der Waals surface area contributed by atoms with E-state index in [2.05, 4.69) is 44.9 Å². The summed E-state index contributed by atoms with van der Waals surface area (Å²) in [6.45, 7) is 2.81. The van der Waals surface area contributed by atoms with Crippen molar-refractivity contribution in [3.8, 4) is 0 Å². The van der Waals surface area contributed by atoms with Gasteiger partial charge in [-0.15, -0.1) is 5.10 Å². The third-order valence-corrected chi connectivity index (χ3v) is 2.83. The molecule has 90 valence electrons. The minimum atomic E-state index is 0.629. The Hall–Kier alpha value is -2.50. The Morgan fingerprint density at radius 2 is 2.11 bits per heavy atom. The summed E-state index contributed by atoms with van der Waals surface area (Å²) >= 11 is 0. The van der Waals surface area contributed by atoms with E-state index in [4.69, 9.17) is 0 Å². The number of hydrogen-bond acceptors (Lipinski definition) is 5. The van der Waals surface area contributed by atoms with Crippen LogP contribution in [0.25, 0.3) is 5.65 Å². The summed E-state index contributed by atoms with van der Waals surface area (Å²) in [6.07, 6.45) is 3.33. The lowest BCUT2D eigenvalue weighted by atomic mass is 10.1. The molecule has 0 radical (unpaired) electrons. The summed E-state index contributed by atoms with van der Waals surface area (Å²) < 4.78 is 1.63. The van der Waals surface area contributed by atoms with Crippen LogP contribution >= 0.6 is 0 Å². The zero-order valence-electron chi connectivity index (χ0n) is 9.91. The van der Waals surface area contributed by atoms with Crippen molar-refractivity contribution in [2.45, 2.75) is 13.5 Å². The maximum absolute atomic E-state index is 4.09. The smallest absolute Gasteiger partial charge is 0.199 e. The van der Waals surface area contributed by atoms with E-state index in [1.54, 1.807) is 16.9 Å². The van der Waals surface area contributed by atoms with E-state index in [9.17, 15) is 0 Å². The maximum Gasteiger partial charge on any atom is 0.199 e. The van der Waals surface area contributed by atoms with Crippen molar-refractivity contribution >= 4 is 11.5 Å². The highest BCUT2D eigenvalue weighted by Gasteiger charge is 2.04. The molecule has 6 nitrogen and oxygen atoms in total. The number of nitrogens with zero attached hydrogens (tertiary/aromatic N) is 5. The number of benzene rings is 1. The van der Waals surface area contributed by atoms with E-state index >= 15 is 0 Å². The standard InChI is InChI=1S/C12H12N6/c1-9-4-2-3-5-10(9)6-14-11-7-13-8-12-15-16-17-18(11)12/h2-5,7-8,14H,6H2,1H3. The van der Waals surface area contributed by atoms with Gasteiger partial charge in [0.2, 0.25) is 0 Å². The van der Waals surface area contributed by atoms with Crippen LogP contribution in [0.2, 0.25) is 0 Å². The van der Waals surface area contributed by atoms with Crippen molar-refractivity contribution in [1.29, 1.82) is 0 Å². The number of aryl methyl sites for hydroxylation is 1. The topological polar surface area (TPSA) is 68.0 Å². The fourth-order valence-corrected chi connectivity index (χ4v) is 1.79. The Bertz CT molecular complexity index is 675. The molecule has 2 aromatic heterocycles. The van der Waals surface area contributed by atoms with Gasteiger partial charge in [-0.25, -0.2) is 0 Å². The highest BCUT2D eigenvalue weighted by atomic mass is 15.5. The van der Waals surface area contributed by atoms with Gasteiger partial charge in [0.05, 0.1) is 12.4 Å². The number of fused-ring (bicyclic) bond motifs is 1. The van der Waals surface area contributed by atoms with Crippen LogP contribution in [0, 0.1) is 6.92 Å². The molecule has 0 unspecified atom stereocenters. The lowest BCUT2D eigenvalue weighted by Gasteiger charge is -2.08. The molecule has 2 heterocycles. The lowest BCUT2D eigenvalue weighted by molar-refractivity contribution is 0.819. The quantitative estimate of drug-likeness (QED) is 0.750. The van der Waals surface area contributed by atoms with E-state index in [1.807, 2.05) is 12.1 Å². The van der Waals surface area contributed by atoms with E-state index in [-0.39, 0.29) is 0 Å². The molecule has 0 bridgehead atoms. The van der Waals surface area contributed by atoms with Crippen molar-refractivity contribution in [2.24, 2.45) is 0 Å². The molecule has 0 saturated carbocycles. The second-order valence-electron chi connectivity index (χ2n) is 4.02.